The molecule has 2 saturated heterocycles. The molecule has 0 bridgehead atoms. The summed E-state index contributed by atoms with van der Waals surface area (Å²) < 4.78 is 2.12. The molecule has 0 atom stereocenters. The fraction of sp³-hybridized carbons (Fsp3) is 0.765. The van der Waals surface area contributed by atoms with Crippen molar-refractivity contribution in [2.45, 2.75) is 52.0 Å². The predicted molar refractivity (Wildman–Crippen MR) is 101 cm³/mol. The Kier molecular flexibility index (Phi) is 8.03. The minimum absolute atomic E-state index is 0. The van der Waals surface area contributed by atoms with Gasteiger partial charge in [0.15, 0.2) is 0 Å². The lowest BCUT2D eigenvalue weighted by atomic mass is 9.78. The van der Waals surface area contributed by atoms with Crippen LogP contribution in [0.1, 0.15) is 51.3 Å². The highest BCUT2D eigenvalue weighted by Gasteiger charge is 2.37. The number of nitrogens with one attached hydrogen (secondary N) is 1. The van der Waals surface area contributed by atoms with E-state index in [2.05, 4.69) is 33.6 Å². The lowest BCUT2D eigenvalue weighted by Crippen LogP contribution is -2.44. The lowest BCUT2D eigenvalue weighted by molar-refractivity contribution is -0.133. The quantitative estimate of drug-likeness (QED) is 0.878. The van der Waals surface area contributed by atoms with Gasteiger partial charge in [0.25, 0.3) is 0 Å². The average molecular weight is 377 g/mol. The molecule has 24 heavy (non-hydrogen) atoms. The van der Waals surface area contributed by atoms with Crippen LogP contribution in [0.4, 0.5) is 0 Å². The van der Waals surface area contributed by atoms with Crippen LogP contribution in [0.5, 0.6) is 0 Å². The first-order valence-electron chi connectivity index (χ1n) is 8.59. The average Bonchev–Trinajstić information content (AvgIpc) is 3.15. The van der Waals surface area contributed by atoms with Crippen molar-refractivity contribution in [3.8, 4) is 0 Å². The van der Waals surface area contributed by atoms with Gasteiger partial charge < -0.3 is 14.8 Å². The second-order valence-electron chi connectivity index (χ2n) is 7.19. The maximum absolute atomic E-state index is 12.5. The van der Waals surface area contributed by atoms with Gasteiger partial charge in [0.1, 0.15) is 5.82 Å². The summed E-state index contributed by atoms with van der Waals surface area (Å²) >= 11 is 0. The number of carbonyl (C=O) groups is 1. The number of carbonyl (C=O) groups excluding carboxylic acids is 1. The Morgan fingerprint density at radius 2 is 2.00 bits per heavy atom. The van der Waals surface area contributed by atoms with Gasteiger partial charge in [0.05, 0.1) is 0 Å². The Morgan fingerprint density at radius 1 is 1.29 bits per heavy atom. The van der Waals surface area contributed by atoms with Crippen LogP contribution < -0.4 is 5.32 Å². The fourth-order valence-electron chi connectivity index (χ4n) is 3.84. The number of rotatable bonds is 4. The van der Waals surface area contributed by atoms with E-state index in [1.807, 2.05) is 12.4 Å². The van der Waals surface area contributed by atoms with Crippen LogP contribution in [0.2, 0.25) is 0 Å². The topological polar surface area (TPSA) is 50.2 Å². The summed E-state index contributed by atoms with van der Waals surface area (Å²) in [5.74, 6) is 1.77. The Labute approximate surface area is 157 Å². The first kappa shape index (κ1) is 21.3. The zero-order chi connectivity index (χ0) is 15.6. The first-order chi connectivity index (χ1) is 10.6. The standard InChI is InChI=1S/C17H28N4O.2ClH/c1-14(2)16-19-8-12-21(16)9-3-15(22)20-10-5-17(6-11-20)4-7-18-13-17;;/h8,12,14,18H,3-7,9-11,13H2,1-2H3;2*1H. The molecule has 3 heterocycles. The summed E-state index contributed by atoms with van der Waals surface area (Å²) in [6, 6.07) is 0. The summed E-state index contributed by atoms with van der Waals surface area (Å²) in [7, 11) is 0. The van der Waals surface area contributed by atoms with E-state index in [1.165, 1.54) is 6.42 Å². The van der Waals surface area contributed by atoms with Gasteiger partial charge in [-0.05, 0) is 31.2 Å². The number of hydrogen-bond donors (Lipinski definition) is 1. The summed E-state index contributed by atoms with van der Waals surface area (Å²) in [4.78, 5) is 18.9. The first-order valence-corrected chi connectivity index (χ1v) is 8.59. The number of nitrogens with zero attached hydrogens (tertiary/aromatic N) is 3. The molecule has 0 saturated carbocycles. The molecule has 2 fully saturated rings. The van der Waals surface area contributed by atoms with Gasteiger partial charge in [0, 0.05) is 50.9 Å². The molecule has 2 aliphatic heterocycles. The highest BCUT2D eigenvalue weighted by Crippen LogP contribution is 2.36. The molecule has 3 rings (SSSR count). The van der Waals surface area contributed by atoms with Crippen LogP contribution in [-0.4, -0.2) is 46.5 Å². The monoisotopic (exact) mass is 376 g/mol. The van der Waals surface area contributed by atoms with Crippen molar-refractivity contribution in [1.82, 2.24) is 19.8 Å². The van der Waals surface area contributed by atoms with Crippen molar-refractivity contribution < 1.29 is 4.79 Å². The van der Waals surface area contributed by atoms with Gasteiger partial charge >= 0.3 is 0 Å². The van der Waals surface area contributed by atoms with Crippen LogP contribution in [0.3, 0.4) is 0 Å². The van der Waals surface area contributed by atoms with E-state index in [0.29, 0.717) is 23.7 Å². The molecular weight excluding hydrogens is 347 g/mol. The third kappa shape index (κ3) is 4.64. The molecule has 1 N–H and O–H groups in total. The van der Waals surface area contributed by atoms with Gasteiger partial charge in [-0.25, -0.2) is 4.98 Å². The Bertz CT molecular complexity index is 516. The van der Waals surface area contributed by atoms with Gasteiger partial charge in [-0.3, -0.25) is 4.79 Å². The van der Waals surface area contributed by atoms with Crippen molar-refractivity contribution in [3.05, 3.63) is 18.2 Å². The molecule has 7 heteroatoms. The van der Waals surface area contributed by atoms with E-state index in [0.717, 1.165) is 51.4 Å². The van der Waals surface area contributed by atoms with Crippen molar-refractivity contribution in [1.29, 1.82) is 0 Å². The smallest absolute Gasteiger partial charge is 0.224 e. The Balaban J connectivity index is 0.00000144. The maximum Gasteiger partial charge on any atom is 0.224 e. The molecule has 0 aliphatic carbocycles. The second kappa shape index (κ2) is 9.07. The SMILES string of the molecule is CC(C)c1nccn1CCC(=O)N1CCC2(CCNC2)CC1.Cl.Cl. The van der Waals surface area contributed by atoms with E-state index in [9.17, 15) is 4.79 Å². The molecule has 0 radical (unpaired) electrons. The number of piperidine rings is 1. The van der Waals surface area contributed by atoms with Crippen LogP contribution in [0.25, 0.3) is 0 Å². The molecule has 1 amide bonds. The van der Waals surface area contributed by atoms with E-state index in [4.69, 9.17) is 0 Å². The normalized spacial score (nSPS) is 19.2. The highest BCUT2D eigenvalue weighted by molar-refractivity contribution is 5.85. The molecule has 0 aromatic carbocycles. The summed E-state index contributed by atoms with van der Waals surface area (Å²) in [6.45, 7) is 9.17. The molecule has 1 aromatic rings. The largest absolute Gasteiger partial charge is 0.343 e. The minimum atomic E-state index is 0. The number of amides is 1. The molecular formula is C17H30Cl2N4O. The second-order valence-corrected chi connectivity index (χ2v) is 7.19. The zero-order valence-corrected chi connectivity index (χ0v) is 16.3. The Morgan fingerprint density at radius 3 is 2.58 bits per heavy atom. The van der Waals surface area contributed by atoms with E-state index >= 15 is 0 Å². The van der Waals surface area contributed by atoms with Crippen LogP contribution >= 0.6 is 24.8 Å². The minimum Gasteiger partial charge on any atom is -0.343 e. The van der Waals surface area contributed by atoms with Crippen molar-refractivity contribution in [2.24, 2.45) is 5.41 Å². The predicted octanol–water partition coefficient (Wildman–Crippen LogP) is 2.84. The number of likely N-dealkylation sites (tertiary alicyclic amines) is 1. The summed E-state index contributed by atoms with van der Waals surface area (Å²) in [5, 5.41) is 3.47. The van der Waals surface area contributed by atoms with Crippen LogP contribution in [0.15, 0.2) is 12.4 Å². The molecule has 5 nitrogen and oxygen atoms in total. The summed E-state index contributed by atoms with van der Waals surface area (Å²) in [5.41, 5.74) is 0.478. The van der Waals surface area contributed by atoms with Gasteiger partial charge in [-0.2, -0.15) is 0 Å². The number of hydrogen-bond acceptors (Lipinski definition) is 3. The fourth-order valence-corrected chi connectivity index (χ4v) is 3.84. The lowest BCUT2D eigenvalue weighted by Gasteiger charge is -2.39. The van der Waals surface area contributed by atoms with Crippen molar-refractivity contribution in [3.63, 3.8) is 0 Å². The number of halogens is 2. The molecule has 138 valence electrons. The maximum atomic E-state index is 12.5. The van der Waals surface area contributed by atoms with Crippen molar-refractivity contribution >= 4 is 30.7 Å². The number of aromatic nitrogens is 2. The molecule has 2 aliphatic rings. The van der Waals surface area contributed by atoms with E-state index in [-0.39, 0.29) is 24.8 Å². The molecule has 0 unspecified atom stereocenters. The van der Waals surface area contributed by atoms with Crippen LogP contribution in [-0.2, 0) is 11.3 Å². The number of imidazole rings is 1. The third-order valence-corrected chi connectivity index (χ3v) is 5.34. The van der Waals surface area contributed by atoms with E-state index < -0.39 is 0 Å². The van der Waals surface area contributed by atoms with E-state index in [1.54, 1.807) is 0 Å². The molecule has 1 spiro atoms. The summed E-state index contributed by atoms with van der Waals surface area (Å²) in [6.07, 6.45) is 8.00. The third-order valence-electron chi connectivity index (χ3n) is 5.34. The Hall–Kier alpha value is -0.780. The van der Waals surface area contributed by atoms with Gasteiger partial charge in [-0.15, -0.1) is 24.8 Å². The highest BCUT2D eigenvalue weighted by atomic mass is 35.5. The van der Waals surface area contributed by atoms with Crippen LogP contribution in [0, 0.1) is 5.41 Å². The number of aryl methyl sites for hydroxylation is 1. The molecule has 1 aromatic heterocycles. The van der Waals surface area contributed by atoms with Gasteiger partial charge in [0.2, 0.25) is 5.91 Å². The zero-order valence-electron chi connectivity index (χ0n) is 14.7. The van der Waals surface area contributed by atoms with Gasteiger partial charge in [-0.1, -0.05) is 13.8 Å². The van der Waals surface area contributed by atoms with Crippen molar-refractivity contribution in [2.75, 3.05) is 26.2 Å².